The number of nitrogens with zero attached hydrogens (tertiary/aromatic N) is 2. The first-order valence-electron chi connectivity index (χ1n) is 6.14. The first-order chi connectivity index (χ1) is 8.72. The van der Waals surface area contributed by atoms with Gasteiger partial charge in [0, 0.05) is 18.2 Å². The Labute approximate surface area is 106 Å². The molecular weight excluding hydrogens is 232 g/mol. The minimum absolute atomic E-state index is 0.0986. The average Bonchev–Trinajstić information content (AvgIpc) is 2.40. The second kappa shape index (κ2) is 5.73. The van der Waals surface area contributed by atoms with Gasteiger partial charge in [0.25, 0.3) is 5.69 Å². The van der Waals surface area contributed by atoms with E-state index in [4.69, 9.17) is 0 Å². The van der Waals surface area contributed by atoms with Gasteiger partial charge in [-0.3, -0.25) is 15.0 Å². The topological polar surface area (TPSA) is 63.5 Å². The minimum atomic E-state index is -0.366. The number of benzene rings is 1. The molecule has 0 N–H and O–H groups in total. The molecule has 96 valence electrons. The van der Waals surface area contributed by atoms with Crippen LogP contribution in [0.15, 0.2) is 24.3 Å². The van der Waals surface area contributed by atoms with Gasteiger partial charge in [0.05, 0.1) is 11.0 Å². The lowest BCUT2D eigenvalue weighted by molar-refractivity contribution is -0.385. The van der Waals surface area contributed by atoms with Crippen LogP contribution in [0, 0.1) is 10.1 Å². The van der Waals surface area contributed by atoms with Crippen molar-refractivity contribution in [3.63, 3.8) is 0 Å². The Kier molecular flexibility index (Phi) is 4.04. The Morgan fingerprint density at radius 3 is 2.89 bits per heavy atom. The maximum absolute atomic E-state index is 11.0. The molecule has 1 aromatic rings. The molecule has 1 aliphatic rings. The van der Waals surface area contributed by atoms with E-state index in [1.165, 1.54) is 6.07 Å². The standard InChI is InChI=1S/C13H16N2O3/c16-10-12-6-3-4-8-14(12)9-11-5-1-2-7-13(11)15(17)18/h1-2,5,7,10,12H,3-4,6,8-9H2. The number of para-hydroxylation sites is 1. The number of nitro groups is 1. The Balaban J connectivity index is 2.17. The van der Waals surface area contributed by atoms with Crippen LogP contribution in [0.3, 0.4) is 0 Å². The summed E-state index contributed by atoms with van der Waals surface area (Å²) >= 11 is 0. The van der Waals surface area contributed by atoms with E-state index in [0.29, 0.717) is 12.1 Å². The van der Waals surface area contributed by atoms with Crippen LogP contribution >= 0.6 is 0 Å². The van der Waals surface area contributed by atoms with Gasteiger partial charge in [-0.1, -0.05) is 24.6 Å². The summed E-state index contributed by atoms with van der Waals surface area (Å²) in [7, 11) is 0. The van der Waals surface area contributed by atoms with Crippen molar-refractivity contribution in [1.29, 1.82) is 0 Å². The fourth-order valence-corrected chi connectivity index (χ4v) is 2.41. The molecule has 1 unspecified atom stereocenters. The third kappa shape index (κ3) is 2.73. The number of carbonyl (C=O) groups excluding carboxylic acids is 1. The number of hydrogen-bond acceptors (Lipinski definition) is 4. The highest BCUT2D eigenvalue weighted by Gasteiger charge is 2.24. The van der Waals surface area contributed by atoms with Crippen LogP contribution in [-0.2, 0) is 11.3 Å². The molecular formula is C13H16N2O3. The van der Waals surface area contributed by atoms with Gasteiger partial charge in [0.15, 0.2) is 0 Å². The highest BCUT2D eigenvalue weighted by Crippen LogP contribution is 2.23. The molecule has 1 saturated heterocycles. The molecule has 0 saturated carbocycles. The lowest BCUT2D eigenvalue weighted by Crippen LogP contribution is -2.39. The smallest absolute Gasteiger partial charge is 0.273 e. The minimum Gasteiger partial charge on any atom is -0.302 e. The van der Waals surface area contributed by atoms with Crippen molar-refractivity contribution in [3.8, 4) is 0 Å². The van der Waals surface area contributed by atoms with Gasteiger partial charge in [-0.25, -0.2) is 0 Å². The van der Waals surface area contributed by atoms with Crippen LogP contribution < -0.4 is 0 Å². The van der Waals surface area contributed by atoms with Crippen LogP contribution in [0.2, 0.25) is 0 Å². The molecule has 1 aliphatic heterocycles. The highest BCUT2D eigenvalue weighted by molar-refractivity contribution is 5.57. The third-order valence-corrected chi connectivity index (χ3v) is 3.38. The number of carbonyl (C=O) groups is 1. The molecule has 2 rings (SSSR count). The fourth-order valence-electron chi connectivity index (χ4n) is 2.41. The van der Waals surface area contributed by atoms with Crippen molar-refractivity contribution in [1.82, 2.24) is 4.90 Å². The molecule has 0 bridgehead atoms. The molecule has 1 aromatic carbocycles. The molecule has 18 heavy (non-hydrogen) atoms. The zero-order chi connectivity index (χ0) is 13.0. The van der Waals surface area contributed by atoms with Gasteiger partial charge < -0.3 is 4.79 Å². The van der Waals surface area contributed by atoms with E-state index in [1.807, 2.05) is 4.90 Å². The van der Waals surface area contributed by atoms with Crippen molar-refractivity contribution >= 4 is 12.0 Å². The zero-order valence-corrected chi connectivity index (χ0v) is 10.1. The summed E-state index contributed by atoms with van der Waals surface area (Å²) in [4.78, 5) is 23.6. The van der Waals surface area contributed by atoms with Gasteiger partial charge in [-0.05, 0) is 19.4 Å². The number of hydrogen-bond donors (Lipinski definition) is 0. The molecule has 1 atom stereocenters. The molecule has 1 heterocycles. The second-order valence-corrected chi connectivity index (χ2v) is 4.56. The molecule has 0 aliphatic carbocycles. The Bertz CT molecular complexity index is 448. The SMILES string of the molecule is O=CC1CCCCN1Cc1ccccc1[N+](=O)[O-]. The monoisotopic (exact) mass is 248 g/mol. The molecule has 0 amide bonds. The van der Waals surface area contributed by atoms with E-state index >= 15 is 0 Å². The van der Waals surface area contributed by atoms with Crippen molar-refractivity contribution in [2.75, 3.05) is 6.54 Å². The number of piperidine rings is 1. The number of aldehydes is 1. The maximum atomic E-state index is 11.0. The van der Waals surface area contributed by atoms with Crippen molar-refractivity contribution in [3.05, 3.63) is 39.9 Å². The first-order valence-corrected chi connectivity index (χ1v) is 6.14. The third-order valence-electron chi connectivity index (χ3n) is 3.38. The highest BCUT2D eigenvalue weighted by atomic mass is 16.6. The lowest BCUT2D eigenvalue weighted by atomic mass is 10.0. The molecule has 1 fully saturated rings. The van der Waals surface area contributed by atoms with E-state index in [2.05, 4.69) is 0 Å². The lowest BCUT2D eigenvalue weighted by Gasteiger charge is -2.31. The van der Waals surface area contributed by atoms with Crippen LogP contribution in [-0.4, -0.2) is 28.7 Å². The predicted molar refractivity (Wildman–Crippen MR) is 67.2 cm³/mol. The maximum Gasteiger partial charge on any atom is 0.273 e. The zero-order valence-electron chi connectivity index (χ0n) is 10.1. The van der Waals surface area contributed by atoms with E-state index in [-0.39, 0.29) is 16.7 Å². The summed E-state index contributed by atoms with van der Waals surface area (Å²) in [6.45, 7) is 1.30. The Morgan fingerprint density at radius 1 is 1.39 bits per heavy atom. The quantitative estimate of drug-likeness (QED) is 0.465. The van der Waals surface area contributed by atoms with Gasteiger partial charge in [0.2, 0.25) is 0 Å². The Hall–Kier alpha value is -1.75. The fraction of sp³-hybridized carbons (Fsp3) is 0.462. The largest absolute Gasteiger partial charge is 0.302 e. The van der Waals surface area contributed by atoms with Crippen LogP contribution in [0.1, 0.15) is 24.8 Å². The normalized spacial score (nSPS) is 20.6. The molecule has 0 spiro atoms. The molecule has 0 aromatic heterocycles. The Morgan fingerprint density at radius 2 is 2.17 bits per heavy atom. The first kappa shape index (κ1) is 12.7. The van der Waals surface area contributed by atoms with Crippen molar-refractivity contribution < 1.29 is 9.72 Å². The molecule has 5 heteroatoms. The summed E-state index contributed by atoms with van der Waals surface area (Å²) in [5.41, 5.74) is 0.809. The number of rotatable bonds is 4. The summed E-state index contributed by atoms with van der Waals surface area (Å²) in [5.74, 6) is 0. The number of likely N-dealkylation sites (tertiary alicyclic amines) is 1. The van der Waals surface area contributed by atoms with Crippen molar-refractivity contribution in [2.24, 2.45) is 0 Å². The van der Waals surface area contributed by atoms with Gasteiger partial charge in [0.1, 0.15) is 6.29 Å². The summed E-state index contributed by atoms with van der Waals surface area (Å²) < 4.78 is 0. The molecule has 5 nitrogen and oxygen atoms in total. The molecule has 0 radical (unpaired) electrons. The van der Waals surface area contributed by atoms with Crippen molar-refractivity contribution in [2.45, 2.75) is 31.8 Å². The summed E-state index contributed by atoms with van der Waals surface area (Å²) in [5, 5.41) is 10.9. The average molecular weight is 248 g/mol. The van der Waals surface area contributed by atoms with E-state index in [9.17, 15) is 14.9 Å². The number of nitro benzene ring substituents is 1. The predicted octanol–water partition coefficient (Wildman–Crippen LogP) is 2.15. The van der Waals surface area contributed by atoms with Gasteiger partial charge in [-0.15, -0.1) is 0 Å². The van der Waals surface area contributed by atoms with Crippen LogP contribution in [0.25, 0.3) is 0 Å². The summed E-state index contributed by atoms with van der Waals surface area (Å²) in [6, 6.07) is 6.62. The summed E-state index contributed by atoms with van der Waals surface area (Å²) in [6.07, 6.45) is 3.90. The van der Waals surface area contributed by atoms with E-state index in [1.54, 1.807) is 18.2 Å². The van der Waals surface area contributed by atoms with Crippen LogP contribution in [0.5, 0.6) is 0 Å². The van der Waals surface area contributed by atoms with Crippen LogP contribution in [0.4, 0.5) is 5.69 Å². The van der Waals surface area contributed by atoms with Gasteiger partial charge >= 0.3 is 0 Å². The second-order valence-electron chi connectivity index (χ2n) is 4.56. The van der Waals surface area contributed by atoms with Gasteiger partial charge in [-0.2, -0.15) is 0 Å². The van der Waals surface area contributed by atoms with E-state index in [0.717, 1.165) is 32.1 Å². The van der Waals surface area contributed by atoms with E-state index < -0.39 is 0 Å².